The maximum atomic E-state index is 13.0. The molecule has 2 aromatic rings. The summed E-state index contributed by atoms with van der Waals surface area (Å²) in [6.07, 6.45) is 4.13. The SMILES string of the molecule is CC1(N)CCCCC1C(=O)N1CCN(c2ccc3ccccc3n2)CC1. The number of hydrogen-bond donors (Lipinski definition) is 1. The molecular weight excluding hydrogens is 324 g/mol. The predicted octanol–water partition coefficient (Wildman–Crippen LogP) is 2.79. The third-order valence-corrected chi connectivity index (χ3v) is 6.05. The largest absolute Gasteiger partial charge is 0.353 e. The molecule has 1 aliphatic carbocycles. The molecule has 2 atom stereocenters. The molecule has 2 unspecified atom stereocenters. The van der Waals surface area contributed by atoms with Crippen LogP contribution < -0.4 is 10.6 Å². The summed E-state index contributed by atoms with van der Waals surface area (Å²) < 4.78 is 0. The molecule has 1 amide bonds. The highest BCUT2D eigenvalue weighted by molar-refractivity contribution is 5.81. The van der Waals surface area contributed by atoms with Crippen molar-refractivity contribution in [2.24, 2.45) is 11.7 Å². The van der Waals surface area contributed by atoms with Gasteiger partial charge in [-0.3, -0.25) is 4.79 Å². The highest BCUT2D eigenvalue weighted by Gasteiger charge is 2.40. The van der Waals surface area contributed by atoms with Crippen molar-refractivity contribution in [2.75, 3.05) is 31.1 Å². The molecule has 1 aliphatic heterocycles. The molecule has 0 spiro atoms. The average molecular weight is 352 g/mol. The van der Waals surface area contributed by atoms with E-state index in [4.69, 9.17) is 10.7 Å². The van der Waals surface area contributed by atoms with Crippen LogP contribution in [-0.4, -0.2) is 47.5 Å². The first-order valence-electron chi connectivity index (χ1n) is 9.73. The monoisotopic (exact) mass is 352 g/mol. The van der Waals surface area contributed by atoms with E-state index in [1.807, 2.05) is 30.0 Å². The Morgan fingerprint density at radius 2 is 1.88 bits per heavy atom. The number of rotatable bonds is 2. The van der Waals surface area contributed by atoms with Gasteiger partial charge in [0.1, 0.15) is 5.82 Å². The number of anilines is 1. The topological polar surface area (TPSA) is 62.5 Å². The van der Waals surface area contributed by atoms with Crippen molar-refractivity contribution in [1.29, 1.82) is 0 Å². The Hall–Kier alpha value is -2.14. The van der Waals surface area contributed by atoms with Gasteiger partial charge in [0.25, 0.3) is 0 Å². The summed E-state index contributed by atoms with van der Waals surface area (Å²) in [5.74, 6) is 1.22. The van der Waals surface area contributed by atoms with E-state index in [0.29, 0.717) is 0 Å². The van der Waals surface area contributed by atoms with Crippen LogP contribution in [0, 0.1) is 5.92 Å². The van der Waals surface area contributed by atoms with E-state index in [0.717, 1.165) is 68.6 Å². The van der Waals surface area contributed by atoms with Crippen molar-refractivity contribution >= 4 is 22.6 Å². The summed E-state index contributed by atoms with van der Waals surface area (Å²) in [6, 6.07) is 12.4. The average Bonchev–Trinajstić information content (AvgIpc) is 2.67. The minimum Gasteiger partial charge on any atom is -0.353 e. The van der Waals surface area contributed by atoms with E-state index in [9.17, 15) is 4.79 Å². The summed E-state index contributed by atoms with van der Waals surface area (Å²) in [5, 5.41) is 1.16. The summed E-state index contributed by atoms with van der Waals surface area (Å²) in [5.41, 5.74) is 7.10. The quantitative estimate of drug-likeness (QED) is 0.903. The Morgan fingerprint density at radius 1 is 1.12 bits per heavy atom. The lowest BCUT2D eigenvalue weighted by Crippen LogP contribution is -2.57. The zero-order chi connectivity index (χ0) is 18.1. The second kappa shape index (κ2) is 6.88. The molecule has 1 saturated carbocycles. The van der Waals surface area contributed by atoms with Crippen LogP contribution in [-0.2, 0) is 4.79 Å². The van der Waals surface area contributed by atoms with Crippen LogP contribution >= 0.6 is 0 Å². The number of amides is 1. The first-order valence-corrected chi connectivity index (χ1v) is 9.73. The van der Waals surface area contributed by atoms with E-state index in [1.165, 1.54) is 0 Å². The second-order valence-corrected chi connectivity index (χ2v) is 7.98. The Labute approximate surface area is 155 Å². The third-order valence-electron chi connectivity index (χ3n) is 6.05. The Balaban J connectivity index is 1.42. The number of fused-ring (bicyclic) bond motifs is 1. The van der Waals surface area contributed by atoms with Gasteiger partial charge in [0.15, 0.2) is 0 Å². The van der Waals surface area contributed by atoms with Gasteiger partial charge < -0.3 is 15.5 Å². The van der Waals surface area contributed by atoms with Crippen LogP contribution in [0.4, 0.5) is 5.82 Å². The molecule has 0 radical (unpaired) electrons. The number of para-hydroxylation sites is 1. The minimum atomic E-state index is -0.355. The van der Waals surface area contributed by atoms with E-state index in [2.05, 4.69) is 23.1 Å². The van der Waals surface area contributed by atoms with Crippen LogP contribution in [0.25, 0.3) is 10.9 Å². The van der Waals surface area contributed by atoms with Crippen molar-refractivity contribution in [3.05, 3.63) is 36.4 Å². The number of aromatic nitrogens is 1. The fourth-order valence-corrected chi connectivity index (χ4v) is 4.37. The van der Waals surface area contributed by atoms with Crippen molar-refractivity contribution < 1.29 is 4.79 Å². The molecule has 138 valence electrons. The molecule has 1 aromatic heterocycles. The highest BCUT2D eigenvalue weighted by atomic mass is 16.2. The number of carbonyl (C=O) groups is 1. The minimum absolute atomic E-state index is 0.0263. The van der Waals surface area contributed by atoms with E-state index in [-0.39, 0.29) is 17.4 Å². The van der Waals surface area contributed by atoms with Gasteiger partial charge in [-0.15, -0.1) is 0 Å². The molecular formula is C21H28N4O. The van der Waals surface area contributed by atoms with Gasteiger partial charge in [0.05, 0.1) is 11.4 Å². The fraction of sp³-hybridized carbons (Fsp3) is 0.524. The molecule has 5 heteroatoms. The highest BCUT2D eigenvalue weighted by Crippen LogP contribution is 2.33. The van der Waals surface area contributed by atoms with Gasteiger partial charge in [0.2, 0.25) is 5.91 Å². The first-order chi connectivity index (χ1) is 12.5. The maximum Gasteiger partial charge on any atom is 0.227 e. The van der Waals surface area contributed by atoms with Crippen LogP contribution in [0.2, 0.25) is 0 Å². The van der Waals surface area contributed by atoms with Gasteiger partial charge >= 0.3 is 0 Å². The molecule has 5 nitrogen and oxygen atoms in total. The van der Waals surface area contributed by atoms with Gasteiger partial charge in [-0.05, 0) is 38.0 Å². The van der Waals surface area contributed by atoms with Crippen LogP contribution in [0.15, 0.2) is 36.4 Å². The van der Waals surface area contributed by atoms with Gasteiger partial charge in [-0.25, -0.2) is 4.98 Å². The van der Waals surface area contributed by atoms with Gasteiger partial charge in [-0.1, -0.05) is 31.0 Å². The van der Waals surface area contributed by atoms with Crippen LogP contribution in [0.5, 0.6) is 0 Å². The number of pyridine rings is 1. The molecule has 26 heavy (non-hydrogen) atoms. The van der Waals surface area contributed by atoms with Crippen molar-refractivity contribution in [2.45, 2.75) is 38.1 Å². The Bertz CT molecular complexity index is 795. The molecule has 2 fully saturated rings. The lowest BCUT2D eigenvalue weighted by molar-refractivity contribution is -0.139. The number of hydrogen-bond acceptors (Lipinski definition) is 4. The summed E-state index contributed by atoms with van der Waals surface area (Å²) in [4.78, 5) is 22.1. The summed E-state index contributed by atoms with van der Waals surface area (Å²) in [7, 11) is 0. The lowest BCUT2D eigenvalue weighted by Gasteiger charge is -2.42. The molecule has 2 aliphatic rings. The van der Waals surface area contributed by atoms with E-state index in [1.54, 1.807) is 0 Å². The normalized spacial score (nSPS) is 26.9. The first kappa shape index (κ1) is 17.3. The van der Waals surface area contributed by atoms with Crippen LogP contribution in [0.1, 0.15) is 32.6 Å². The van der Waals surface area contributed by atoms with E-state index < -0.39 is 0 Å². The number of carbonyl (C=O) groups excluding carboxylic acids is 1. The van der Waals surface area contributed by atoms with Crippen molar-refractivity contribution in [1.82, 2.24) is 9.88 Å². The lowest BCUT2D eigenvalue weighted by atomic mass is 9.74. The molecule has 2 N–H and O–H groups in total. The molecule has 1 saturated heterocycles. The fourth-order valence-electron chi connectivity index (χ4n) is 4.37. The van der Waals surface area contributed by atoms with Gasteiger partial charge in [-0.2, -0.15) is 0 Å². The number of nitrogens with two attached hydrogens (primary N) is 1. The van der Waals surface area contributed by atoms with Crippen LogP contribution in [0.3, 0.4) is 0 Å². The van der Waals surface area contributed by atoms with Crippen molar-refractivity contribution in [3.8, 4) is 0 Å². The summed E-state index contributed by atoms with van der Waals surface area (Å²) >= 11 is 0. The number of benzene rings is 1. The third kappa shape index (κ3) is 3.28. The zero-order valence-corrected chi connectivity index (χ0v) is 15.5. The Kier molecular flexibility index (Phi) is 4.57. The number of piperazine rings is 1. The number of nitrogens with zero attached hydrogens (tertiary/aromatic N) is 3. The Morgan fingerprint density at radius 3 is 2.65 bits per heavy atom. The standard InChI is InChI=1S/C21H28N4O/c1-21(22)11-5-4-7-17(21)20(26)25-14-12-24(13-15-25)19-10-9-16-6-2-3-8-18(16)23-19/h2-3,6,8-10,17H,4-5,7,11-15,22H2,1H3. The van der Waals surface area contributed by atoms with Crippen molar-refractivity contribution in [3.63, 3.8) is 0 Å². The second-order valence-electron chi connectivity index (χ2n) is 7.98. The molecule has 0 bridgehead atoms. The molecule has 4 rings (SSSR count). The molecule has 2 heterocycles. The molecule has 1 aromatic carbocycles. The summed E-state index contributed by atoms with van der Waals surface area (Å²) in [6.45, 7) is 5.19. The predicted molar refractivity (Wildman–Crippen MR) is 105 cm³/mol. The van der Waals surface area contributed by atoms with Gasteiger partial charge in [0, 0.05) is 37.1 Å². The smallest absolute Gasteiger partial charge is 0.227 e. The zero-order valence-electron chi connectivity index (χ0n) is 15.5. The van der Waals surface area contributed by atoms with E-state index >= 15 is 0 Å². The maximum absolute atomic E-state index is 13.0.